The second-order valence-electron chi connectivity index (χ2n) is 6.61. The van der Waals surface area contributed by atoms with E-state index in [2.05, 4.69) is 30.7 Å². The van der Waals surface area contributed by atoms with Gasteiger partial charge < -0.3 is 10.5 Å². The average Bonchev–Trinajstić information content (AvgIpc) is 2.23. The van der Waals surface area contributed by atoms with Crippen LogP contribution in [-0.2, 0) is 6.18 Å². The predicted octanol–water partition coefficient (Wildman–Crippen LogP) is 3.67. The molecule has 0 radical (unpaired) electrons. The van der Waals surface area contributed by atoms with Gasteiger partial charge in [-0.15, -0.1) is 0 Å². The van der Waals surface area contributed by atoms with E-state index in [1.54, 1.807) is 0 Å². The molecule has 1 aromatic rings. The monoisotopic (exact) mass is 303 g/mol. The summed E-state index contributed by atoms with van der Waals surface area (Å²) in [4.78, 5) is 6.64. The summed E-state index contributed by atoms with van der Waals surface area (Å²) < 4.78 is 43.7. The molecule has 1 heterocycles. The third-order valence-corrected chi connectivity index (χ3v) is 3.61. The molecule has 118 valence electrons. The summed E-state index contributed by atoms with van der Waals surface area (Å²) in [6, 6.07) is 1.24. The fourth-order valence-corrected chi connectivity index (χ4v) is 3.15. The molecule has 21 heavy (non-hydrogen) atoms. The van der Waals surface area contributed by atoms with Gasteiger partial charge >= 0.3 is 6.18 Å². The highest BCUT2D eigenvalue weighted by Crippen LogP contribution is 2.40. The fourth-order valence-electron chi connectivity index (χ4n) is 3.15. The van der Waals surface area contributed by atoms with E-state index in [0.29, 0.717) is 5.92 Å². The number of hydrogen-bond donors (Lipinski definition) is 1. The van der Waals surface area contributed by atoms with E-state index < -0.39 is 12.0 Å². The number of nitrogen functional groups attached to an aromatic ring is 1. The zero-order valence-corrected chi connectivity index (χ0v) is 12.4. The van der Waals surface area contributed by atoms with Gasteiger partial charge in [0, 0.05) is 6.07 Å². The molecule has 4 nitrogen and oxygen atoms in total. The molecule has 0 spiro atoms. The summed E-state index contributed by atoms with van der Waals surface area (Å²) in [5.41, 5.74) is 5.52. The Hall–Kier alpha value is -1.53. The van der Waals surface area contributed by atoms with Gasteiger partial charge in [-0.3, -0.25) is 0 Å². The van der Waals surface area contributed by atoms with Crippen LogP contribution >= 0.6 is 0 Å². The van der Waals surface area contributed by atoms with Crippen molar-refractivity contribution in [2.75, 3.05) is 5.73 Å². The first-order valence-electron chi connectivity index (χ1n) is 6.93. The van der Waals surface area contributed by atoms with Crippen molar-refractivity contribution < 1.29 is 17.9 Å². The van der Waals surface area contributed by atoms with Crippen LogP contribution in [0.15, 0.2) is 6.07 Å². The standard InChI is InChI=1S/C14H20F3N3O/c1-8-4-9(7-13(2,3)6-8)21-11-5-10(18)19-12(20-11)14(15,16)17/h5,8-9H,4,6-7H2,1-3H3,(H2,18,19,20). The Labute approximate surface area is 121 Å². The molecule has 2 atom stereocenters. The van der Waals surface area contributed by atoms with Crippen LogP contribution in [0.2, 0.25) is 0 Å². The van der Waals surface area contributed by atoms with E-state index in [1.807, 2.05) is 0 Å². The van der Waals surface area contributed by atoms with Crippen LogP contribution in [0.4, 0.5) is 19.0 Å². The van der Waals surface area contributed by atoms with Crippen LogP contribution in [0.25, 0.3) is 0 Å². The van der Waals surface area contributed by atoms with Crippen LogP contribution in [0.3, 0.4) is 0 Å². The van der Waals surface area contributed by atoms with Crippen molar-refractivity contribution in [1.82, 2.24) is 9.97 Å². The highest BCUT2D eigenvalue weighted by Gasteiger charge is 2.37. The van der Waals surface area contributed by atoms with Crippen LogP contribution in [0.1, 0.15) is 45.9 Å². The fraction of sp³-hybridized carbons (Fsp3) is 0.714. The zero-order valence-electron chi connectivity index (χ0n) is 12.4. The van der Waals surface area contributed by atoms with Crippen LogP contribution in [0, 0.1) is 11.3 Å². The second-order valence-corrected chi connectivity index (χ2v) is 6.61. The Morgan fingerprint density at radius 3 is 2.52 bits per heavy atom. The van der Waals surface area contributed by atoms with E-state index in [0.717, 1.165) is 19.3 Å². The summed E-state index contributed by atoms with van der Waals surface area (Å²) in [6.45, 7) is 6.38. The van der Waals surface area contributed by atoms with Crippen LogP contribution in [-0.4, -0.2) is 16.1 Å². The lowest BCUT2D eigenvalue weighted by atomic mass is 9.71. The number of ether oxygens (including phenoxy) is 1. The third-order valence-electron chi connectivity index (χ3n) is 3.61. The SMILES string of the molecule is CC1CC(Oc2cc(N)nc(C(F)(F)F)n2)CC(C)(C)C1. The van der Waals surface area contributed by atoms with Crippen LogP contribution in [0.5, 0.6) is 5.88 Å². The van der Waals surface area contributed by atoms with Crippen molar-refractivity contribution in [1.29, 1.82) is 0 Å². The van der Waals surface area contributed by atoms with Gasteiger partial charge in [0.2, 0.25) is 11.7 Å². The lowest BCUT2D eigenvalue weighted by molar-refractivity contribution is -0.145. The van der Waals surface area contributed by atoms with Gasteiger partial charge in [-0.25, -0.2) is 4.98 Å². The second kappa shape index (κ2) is 5.35. The highest BCUT2D eigenvalue weighted by atomic mass is 19.4. The van der Waals surface area contributed by atoms with Crippen molar-refractivity contribution >= 4 is 5.82 Å². The molecule has 2 rings (SSSR count). The van der Waals surface area contributed by atoms with Gasteiger partial charge in [0.05, 0.1) is 0 Å². The first-order valence-corrected chi connectivity index (χ1v) is 6.93. The molecule has 1 aliphatic carbocycles. The van der Waals surface area contributed by atoms with Crippen molar-refractivity contribution in [2.45, 2.75) is 52.3 Å². The molecule has 1 aliphatic rings. The molecule has 0 aromatic carbocycles. The van der Waals surface area contributed by atoms with Gasteiger partial charge in [0.15, 0.2) is 0 Å². The molecule has 2 unspecified atom stereocenters. The molecule has 0 amide bonds. The largest absolute Gasteiger partial charge is 0.474 e. The molecule has 7 heteroatoms. The molecular weight excluding hydrogens is 283 g/mol. The van der Waals surface area contributed by atoms with Crippen LogP contribution < -0.4 is 10.5 Å². The van der Waals surface area contributed by atoms with Gasteiger partial charge in [-0.2, -0.15) is 18.2 Å². The summed E-state index contributed by atoms with van der Waals surface area (Å²) in [5, 5.41) is 0. The topological polar surface area (TPSA) is 61.0 Å². The lowest BCUT2D eigenvalue weighted by Gasteiger charge is -2.38. The number of rotatable bonds is 2. The van der Waals surface area contributed by atoms with E-state index in [9.17, 15) is 13.2 Å². The van der Waals surface area contributed by atoms with Crippen molar-refractivity contribution in [3.8, 4) is 5.88 Å². The predicted molar refractivity (Wildman–Crippen MR) is 72.7 cm³/mol. The zero-order chi connectivity index (χ0) is 15.8. The Bertz CT molecular complexity index is 517. The van der Waals surface area contributed by atoms with E-state index in [1.165, 1.54) is 6.07 Å². The minimum absolute atomic E-state index is 0.105. The summed E-state index contributed by atoms with van der Waals surface area (Å²) in [6.07, 6.45) is -2.13. The normalized spacial score (nSPS) is 25.6. The van der Waals surface area contributed by atoms with Gasteiger partial charge in [-0.05, 0) is 30.6 Å². The number of nitrogens with two attached hydrogens (primary N) is 1. The molecular formula is C14H20F3N3O. The first-order chi connectivity index (χ1) is 9.55. The third kappa shape index (κ3) is 4.22. The molecule has 0 bridgehead atoms. The quantitative estimate of drug-likeness (QED) is 0.905. The number of halogens is 3. The van der Waals surface area contributed by atoms with Gasteiger partial charge in [0.1, 0.15) is 11.9 Å². The van der Waals surface area contributed by atoms with Crippen molar-refractivity contribution in [3.63, 3.8) is 0 Å². The molecule has 1 saturated carbocycles. The van der Waals surface area contributed by atoms with Crippen molar-refractivity contribution in [3.05, 3.63) is 11.9 Å². The maximum Gasteiger partial charge on any atom is 0.451 e. The minimum Gasteiger partial charge on any atom is -0.474 e. The minimum atomic E-state index is -4.63. The Morgan fingerprint density at radius 2 is 1.95 bits per heavy atom. The van der Waals surface area contributed by atoms with Gasteiger partial charge in [0.25, 0.3) is 0 Å². The number of alkyl halides is 3. The molecule has 0 saturated heterocycles. The van der Waals surface area contributed by atoms with Gasteiger partial charge in [-0.1, -0.05) is 20.8 Å². The van der Waals surface area contributed by atoms with E-state index >= 15 is 0 Å². The average molecular weight is 303 g/mol. The summed E-state index contributed by atoms with van der Waals surface area (Å²) in [5.74, 6) is -1.15. The number of anilines is 1. The Morgan fingerprint density at radius 1 is 1.29 bits per heavy atom. The highest BCUT2D eigenvalue weighted by molar-refractivity contribution is 5.33. The molecule has 1 aromatic heterocycles. The maximum absolute atomic E-state index is 12.7. The number of hydrogen-bond acceptors (Lipinski definition) is 4. The Balaban J connectivity index is 2.18. The van der Waals surface area contributed by atoms with E-state index in [-0.39, 0.29) is 23.2 Å². The molecule has 1 fully saturated rings. The Kier molecular flexibility index (Phi) is 4.04. The number of nitrogens with zero attached hydrogens (tertiary/aromatic N) is 2. The lowest BCUT2D eigenvalue weighted by Crippen LogP contribution is -2.34. The molecule has 0 aliphatic heterocycles. The van der Waals surface area contributed by atoms with Crippen molar-refractivity contribution in [2.24, 2.45) is 11.3 Å². The first kappa shape index (κ1) is 15.9. The summed E-state index contributed by atoms with van der Waals surface area (Å²) >= 11 is 0. The van der Waals surface area contributed by atoms with E-state index in [4.69, 9.17) is 10.5 Å². The molecule has 2 N–H and O–H groups in total. The smallest absolute Gasteiger partial charge is 0.451 e. The number of aromatic nitrogens is 2. The maximum atomic E-state index is 12.7. The summed E-state index contributed by atoms with van der Waals surface area (Å²) in [7, 11) is 0.